The standard InChI is InChI=1S/C9H11Cl2NO/c10-6-2-1-3-7(11)9(6)8(12)4-5-13/h1-3,8,13H,4-5,12H2/t8-/m0/s1. The monoisotopic (exact) mass is 219 g/mol. The van der Waals surface area contributed by atoms with Gasteiger partial charge < -0.3 is 10.8 Å². The minimum atomic E-state index is -0.300. The topological polar surface area (TPSA) is 46.2 Å². The number of aliphatic hydroxyl groups excluding tert-OH is 1. The molecule has 1 aromatic rings. The normalized spacial score (nSPS) is 12.9. The van der Waals surface area contributed by atoms with Crippen molar-refractivity contribution in [2.75, 3.05) is 6.61 Å². The summed E-state index contributed by atoms with van der Waals surface area (Å²) in [6.45, 7) is 0.0305. The molecule has 0 aromatic heterocycles. The molecule has 0 saturated heterocycles. The molecular weight excluding hydrogens is 209 g/mol. The van der Waals surface area contributed by atoms with Gasteiger partial charge in [0.1, 0.15) is 0 Å². The van der Waals surface area contributed by atoms with E-state index in [4.69, 9.17) is 34.0 Å². The van der Waals surface area contributed by atoms with Crippen LogP contribution in [-0.4, -0.2) is 11.7 Å². The van der Waals surface area contributed by atoms with Crippen LogP contribution in [0.5, 0.6) is 0 Å². The van der Waals surface area contributed by atoms with Gasteiger partial charge in [-0.3, -0.25) is 0 Å². The zero-order chi connectivity index (χ0) is 9.84. The highest BCUT2D eigenvalue weighted by Gasteiger charge is 2.12. The molecule has 0 aliphatic carbocycles. The lowest BCUT2D eigenvalue weighted by atomic mass is 10.1. The van der Waals surface area contributed by atoms with Crippen molar-refractivity contribution in [3.8, 4) is 0 Å². The van der Waals surface area contributed by atoms with Crippen LogP contribution in [0.2, 0.25) is 10.0 Å². The van der Waals surface area contributed by atoms with E-state index in [9.17, 15) is 0 Å². The van der Waals surface area contributed by atoms with Crippen LogP contribution >= 0.6 is 23.2 Å². The summed E-state index contributed by atoms with van der Waals surface area (Å²) in [4.78, 5) is 0. The molecule has 0 aliphatic heterocycles. The Bertz CT molecular complexity index is 271. The molecule has 0 fully saturated rings. The van der Waals surface area contributed by atoms with Gasteiger partial charge in [-0.15, -0.1) is 0 Å². The maximum atomic E-state index is 8.71. The fourth-order valence-electron chi connectivity index (χ4n) is 1.15. The first kappa shape index (κ1) is 10.8. The van der Waals surface area contributed by atoms with Crippen molar-refractivity contribution in [1.82, 2.24) is 0 Å². The smallest absolute Gasteiger partial charge is 0.0468 e. The van der Waals surface area contributed by atoms with Crippen LogP contribution in [0.25, 0.3) is 0 Å². The lowest BCUT2D eigenvalue weighted by molar-refractivity contribution is 0.276. The van der Waals surface area contributed by atoms with Crippen molar-refractivity contribution in [3.05, 3.63) is 33.8 Å². The minimum absolute atomic E-state index is 0.0305. The first-order valence-electron chi connectivity index (χ1n) is 3.97. The second kappa shape index (κ2) is 4.82. The van der Waals surface area contributed by atoms with E-state index in [1.165, 1.54) is 0 Å². The number of nitrogens with two attached hydrogens (primary N) is 1. The summed E-state index contributed by atoms with van der Waals surface area (Å²) < 4.78 is 0. The zero-order valence-electron chi connectivity index (χ0n) is 7.00. The Morgan fingerprint density at radius 3 is 2.31 bits per heavy atom. The van der Waals surface area contributed by atoms with Gasteiger partial charge in [0, 0.05) is 28.3 Å². The summed E-state index contributed by atoms with van der Waals surface area (Å²) in [6.07, 6.45) is 0.462. The molecule has 2 nitrogen and oxygen atoms in total. The molecule has 13 heavy (non-hydrogen) atoms. The molecule has 3 N–H and O–H groups in total. The molecule has 0 spiro atoms. The van der Waals surface area contributed by atoms with E-state index in [1.807, 2.05) is 0 Å². The summed E-state index contributed by atoms with van der Waals surface area (Å²) in [7, 11) is 0. The SMILES string of the molecule is N[C@@H](CCO)c1c(Cl)cccc1Cl. The Kier molecular flexibility index (Phi) is 4.00. The Balaban J connectivity index is 2.98. The van der Waals surface area contributed by atoms with Gasteiger partial charge in [-0.1, -0.05) is 29.3 Å². The lowest BCUT2D eigenvalue weighted by Crippen LogP contribution is -2.12. The number of benzene rings is 1. The van der Waals surface area contributed by atoms with Crippen molar-refractivity contribution >= 4 is 23.2 Å². The highest BCUT2D eigenvalue weighted by Crippen LogP contribution is 2.30. The molecule has 0 amide bonds. The van der Waals surface area contributed by atoms with Crippen LogP contribution in [0.4, 0.5) is 0 Å². The van der Waals surface area contributed by atoms with Gasteiger partial charge in [-0.05, 0) is 18.6 Å². The molecule has 72 valence electrons. The Labute approximate surface area is 87.3 Å². The first-order valence-corrected chi connectivity index (χ1v) is 4.72. The van der Waals surface area contributed by atoms with Gasteiger partial charge in [0.05, 0.1) is 0 Å². The summed E-state index contributed by atoms with van der Waals surface area (Å²) in [5.74, 6) is 0. The largest absolute Gasteiger partial charge is 0.396 e. The van der Waals surface area contributed by atoms with Crippen molar-refractivity contribution in [3.63, 3.8) is 0 Å². The van der Waals surface area contributed by atoms with Gasteiger partial charge >= 0.3 is 0 Å². The molecule has 0 unspecified atom stereocenters. The molecule has 4 heteroatoms. The first-order chi connectivity index (χ1) is 6.16. The average molecular weight is 220 g/mol. The van der Waals surface area contributed by atoms with E-state index in [2.05, 4.69) is 0 Å². The van der Waals surface area contributed by atoms with Crippen molar-refractivity contribution in [2.24, 2.45) is 5.73 Å². The van der Waals surface area contributed by atoms with Gasteiger partial charge in [-0.25, -0.2) is 0 Å². The third-order valence-corrected chi connectivity index (χ3v) is 2.47. The molecule has 0 aliphatic rings. The quantitative estimate of drug-likeness (QED) is 0.821. The molecule has 0 heterocycles. The van der Waals surface area contributed by atoms with E-state index < -0.39 is 0 Å². The highest BCUT2D eigenvalue weighted by molar-refractivity contribution is 6.36. The number of aliphatic hydroxyl groups is 1. The Morgan fingerprint density at radius 2 is 1.85 bits per heavy atom. The Morgan fingerprint density at radius 1 is 1.31 bits per heavy atom. The van der Waals surface area contributed by atoms with Gasteiger partial charge in [0.25, 0.3) is 0 Å². The van der Waals surface area contributed by atoms with Crippen LogP contribution in [0.3, 0.4) is 0 Å². The number of halogens is 2. The van der Waals surface area contributed by atoms with E-state index in [-0.39, 0.29) is 12.6 Å². The maximum absolute atomic E-state index is 8.71. The molecule has 0 radical (unpaired) electrons. The van der Waals surface area contributed by atoms with Crippen LogP contribution < -0.4 is 5.73 Å². The summed E-state index contributed by atoms with van der Waals surface area (Å²) in [6, 6.07) is 4.94. The van der Waals surface area contributed by atoms with E-state index >= 15 is 0 Å². The predicted octanol–water partition coefficient (Wildman–Crippen LogP) is 2.38. The molecular formula is C9H11Cl2NO. The second-order valence-corrected chi connectivity index (χ2v) is 3.57. The average Bonchev–Trinajstić information content (AvgIpc) is 2.04. The van der Waals surface area contributed by atoms with E-state index in [1.54, 1.807) is 18.2 Å². The molecule has 0 saturated carbocycles. The number of rotatable bonds is 3. The summed E-state index contributed by atoms with van der Waals surface area (Å²) >= 11 is 11.8. The lowest BCUT2D eigenvalue weighted by Gasteiger charge is -2.13. The van der Waals surface area contributed by atoms with Crippen LogP contribution in [-0.2, 0) is 0 Å². The summed E-state index contributed by atoms with van der Waals surface area (Å²) in [5, 5.41) is 9.81. The predicted molar refractivity (Wildman–Crippen MR) is 55.1 cm³/mol. The molecule has 1 rings (SSSR count). The third kappa shape index (κ3) is 2.58. The number of hydrogen-bond acceptors (Lipinski definition) is 2. The fraction of sp³-hybridized carbons (Fsp3) is 0.333. The Hall–Kier alpha value is -0.280. The molecule has 1 aromatic carbocycles. The summed E-state index contributed by atoms with van der Waals surface area (Å²) in [5.41, 5.74) is 6.49. The van der Waals surface area contributed by atoms with Crippen LogP contribution in [0.1, 0.15) is 18.0 Å². The van der Waals surface area contributed by atoms with Gasteiger partial charge in [-0.2, -0.15) is 0 Å². The van der Waals surface area contributed by atoms with Crippen LogP contribution in [0, 0.1) is 0 Å². The zero-order valence-corrected chi connectivity index (χ0v) is 8.52. The molecule has 0 bridgehead atoms. The van der Waals surface area contributed by atoms with E-state index in [0.29, 0.717) is 22.0 Å². The van der Waals surface area contributed by atoms with Crippen molar-refractivity contribution < 1.29 is 5.11 Å². The fourth-order valence-corrected chi connectivity index (χ4v) is 1.83. The van der Waals surface area contributed by atoms with Gasteiger partial charge in [0.2, 0.25) is 0 Å². The van der Waals surface area contributed by atoms with Gasteiger partial charge in [0.15, 0.2) is 0 Å². The number of hydrogen-bond donors (Lipinski definition) is 2. The maximum Gasteiger partial charge on any atom is 0.0468 e. The van der Waals surface area contributed by atoms with Crippen molar-refractivity contribution in [1.29, 1.82) is 0 Å². The third-order valence-electron chi connectivity index (χ3n) is 1.81. The van der Waals surface area contributed by atoms with Crippen molar-refractivity contribution in [2.45, 2.75) is 12.5 Å². The van der Waals surface area contributed by atoms with Crippen LogP contribution in [0.15, 0.2) is 18.2 Å². The highest BCUT2D eigenvalue weighted by atomic mass is 35.5. The second-order valence-electron chi connectivity index (χ2n) is 2.75. The molecule has 1 atom stereocenters. The minimum Gasteiger partial charge on any atom is -0.396 e. The van der Waals surface area contributed by atoms with E-state index in [0.717, 1.165) is 0 Å².